The molecule has 0 N–H and O–H groups in total. The second-order valence-corrected chi connectivity index (χ2v) is 4.65. The Morgan fingerprint density at radius 1 is 0.955 bits per heavy atom. The molecule has 0 amide bonds. The van der Waals surface area contributed by atoms with E-state index in [-0.39, 0.29) is 0 Å². The van der Waals surface area contributed by atoms with Crippen molar-refractivity contribution in [1.29, 1.82) is 0 Å². The molecule has 0 aliphatic rings. The summed E-state index contributed by atoms with van der Waals surface area (Å²) in [7, 11) is -6.00. The summed E-state index contributed by atoms with van der Waals surface area (Å²) in [5.41, 5.74) is 4.20. The molecule has 0 aliphatic heterocycles. The van der Waals surface area contributed by atoms with Gasteiger partial charge in [0.25, 0.3) is 0 Å². The minimum atomic E-state index is -6.00. The molecule has 0 atom stereocenters. The Balaban J connectivity index is 0.000000309. The normalized spacial score (nSPS) is 11.2. The van der Waals surface area contributed by atoms with Crippen LogP contribution in [0.1, 0.15) is 11.3 Å². The maximum Gasteiger partial charge on any atom is 0.673 e. The van der Waals surface area contributed by atoms with Gasteiger partial charge in [0.2, 0.25) is 0 Å². The van der Waals surface area contributed by atoms with E-state index >= 15 is 0 Å². The fraction of sp³-hybridized carbons (Fsp3) is 0.154. The van der Waals surface area contributed by atoms with Crippen LogP contribution in [-0.4, -0.2) is 22.4 Å². The third-order valence-corrected chi connectivity index (χ3v) is 2.82. The molecule has 9 heteroatoms. The van der Waals surface area contributed by atoms with Crippen LogP contribution in [0.2, 0.25) is 0 Å². The average Bonchev–Trinajstić information content (AvgIpc) is 2.83. The first kappa shape index (κ1) is 15.9. The molecule has 0 saturated heterocycles. The van der Waals surface area contributed by atoms with Gasteiger partial charge < -0.3 is 17.3 Å². The van der Waals surface area contributed by atoms with Gasteiger partial charge in [-0.3, -0.25) is 0 Å². The minimum Gasteiger partial charge on any atom is -0.418 e. The Morgan fingerprint density at radius 2 is 1.55 bits per heavy atom. The monoisotopic (exact) mass is 312 g/mol. The van der Waals surface area contributed by atoms with Crippen molar-refractivity contribution in [2.24, 2.45) is 0 Å². The average molecular weight is 312 g/mol. The highest BCUT2D eigenvalue weighted by atomic mass is 19.5. The summed E-state index contributed by atoms with van der Waals surface area (Å²) in [5, 5.41) is 8.34. The molecule has 2 heterocycles. The third-order valence-electron chi connectivity index (χ3n) is 2.82. The number of hydrogen-bond acceptors (Lipinski definition) is 2. The van der Waals surface area contributed by atoms with Gasteiger partial charge in [-0.2, -0.15) is 0 Å². The number of nitrogens with zero attached hydrogens (tertiary/aromatic N) is 4. The van der Waals surface area contributed by atoms with E-state index in [2.05, 4.69) is 29.4 Å². The van der Waals surface area contributed by atoms with Gasteiger partial charge in [0.1, 0.15) is 16.5 Å². The quantitative estimate of drug-likeness (QED) is 0.393. The van der Waals surface area contributed by atoms with Gasteiger partial charge in [-0.25, -0.2) is 0 Å². The van der Waals surface area contributed by atoms with Crippen LogP contribution >= 0.6 is 0 Å². The standard InChI is InChI=1S/C13H13N4.BF4/c1-10-6-8-12(9-7-10)17-15-14-13-5-3-4-11(2)16(13)17;2-1(3,4)5/h3-9H,1-2H3;/q+1;-1. The predicted octanol–water partition coefficient (Wildman–Crippen LogP) is 2.92. The number of tetrazole rings is 1. The van der Waals surface area contributed by atoms with E-state index in [1.807, 2.05) is 46.6 Å². The summed E-state index contributed by atoms with van der Waals surface area (Å²) < 4.78 is 41.0. The van der Waals surface area contributed by atoms with Crippen molar-refractivity contribution >= 4 is 12.9 Å². The van der Waals surface area contributed by atoms with Gasteiger partial charge >= 0.3 is 12.9 Å². The molecule has 2 aromatic heterocycles. The highest BCUT2D eigenvalue weighted by Gasteiger charge is 2.20. The minimum absolute atomic E-state index is 0.852. The zero-order valence-electron chi connectivity index (χ0n) is 11.9. The molecule has 0 saturated carbocycles. The molecule has 4 nitrogen and oxygen atoms in total. The van der Waals surface area contributed by atoms with E-state index in [1.165, 1.54) is 5.56 Å². The van der Waals surface area contributed by atoms with Gasteiger partial charge in [0, 0.05) is 6.07 Å². The first-order valence-corrected chi connectivity index (χ1v) is 6.43. The van der Waals surface area contributed by atoms with Crippen LogP contribution in [0.15, 0.2) is 42.5 Å². The van der Waals surface area contributed by atoms with Crippen LogP contribution in [-0.2, 0) is 0 Å². The number of fused-ring (bicyclic) bond motifs is 1. The number of rotatable bonds is 1. The van der Waals surface area contributed by atoms with Crippen molar-refractivity contribution in [2.75, 3.05) is 0 Å². The molecule has 0 radical (unpaired) electrons. The van der Waals surface area contributed by atoms with Crippen LogP contribution in [0.25, 0.3) is 11.3 Å². The fourth-order valence-corrected chi connectivity index (χ4v) is 1.89. The van der Waals surface area contributed by atoms with Gasteiger partial charge in [-0.1, -0.05) is 23.8 Å². The molecule has 0 unspecified atom stereocenters. The smallest absolute Gasteiger partial charge is 0.418 e. The van der Waals surface area contributed by atoms with Crippen molar-refractivity contribution in [3.63, 3.8) is 0 Å². The summed E-state index contributed by atoms with van der Waals surface area (Å²) in [6.45, 7) is 4.11. The van der Waals surface area contributed by atoms with Crippen molar-refractivity contribution in [3.05, 3.63) is 53.7 Å². The van der Waals surface area contributed by atoms with E-state index in [0.29, 0.717) is 0 Å². The summed E-state index contributed by atoms with van der Waals surface area (Å²) in [6.07, 6.45) is 0. The Labute approximate surface area is 124 Å². The highest BCUT2D eigenvalue weighted by molar-refractivity contribution is 6.50. The summed E-state index contributed by atoms with van der Waals surface area (Å²) in [6, 6.07) is 14.2. The maximum absolute atomic E-state index is 9.75. The molecule has 0 aliphatic carbocycles. The first-order valence-electron chi connectivity index (χ1n) is 6.43. The third kappa shape index (κ3) is 4.03. The summed E-state index contributed by atoms with van der Waals surface area (Å²) in [4.78, 5) is 1.81. The second kappa shape index (κ2) is 6.12. The molecule has 3 rings (SSSR count). The zero-order valence-corrected chi connectivity index (χ0v) is 11.9. The second-order valence-electron chi connectivity index (χ2n) is 4.65. The van der Waals surface area contributed by atoms with Crippen LogP contribution < -0.4 is 4.52 Å². The van der Waals surface area contributed by atoms with E-state index in [9.17, 15) is 17.3 Å². The first-order chi connectivity index (χ1) is 10.3. The molecule has 3 aromatic rings. The van der Waals surface area contributed by atoms with E-state index in [1.54, 1.807) is 0 Å². The van der Waals surface area contributed by atoms with Gasteiger partial charge in [-0.05, 0) is 36.8 Å². The van der Waals surface area contributed by atoms with Gasteiger partial charge in [0.05, 0.1) is 0 Å². The van der Waals surface area contributed by atoms with E-state index in [0.717, 1.165) is 17.0 Å². The lowest BCUT2D eigenvalue weighted by atomic mass is 10.2. The van der Waals surface area contributed by atoms with Crippen LogP contribution in [0.3, 0.4) is 0 Å². The lowest BCUT2D eigenvalue weighted by molar-refractivity contribution is -0.610. The van der Waals surface area contributed by atoms with Crippen molar-refractivity contribution < 1.29 is 21.8 Å². The molecular weight excluding hydrogens is 299 g/mol. The molecule has 116 valence electrons. The van der Waals surface area contributed by atoms with E-state index in [4.69, 9.17) is 0 Å². The molecule has 0 fully saturated rings. The Morgan fingerprint density at radius 3 is 2.14 bits per heavy atom. The molecule has 0 spiro atoms. The van der Waals surface area contributed by atoms with Gasteiger partial charge in [-0.15, -0.1) is 4.52 Å². The van der Waals surface area contributed by atoms with Crippen molar-refractivity contribution in [3.8, 4) is 5.69 Å². The zero-order chi connectivity index (χ0) is 16.3. The topological polar surface area (TPSA) is 34.8 Å². The van der Waals surface area contributed by atoms with Crippen LogP contribution in [0.4, 0.5) is 17.3 Å². The van der Waals surface area contributed by atoms with Crippen molar-refractivity contribution in [1.82, 2.24) is 15.1 Å². The number of hydrogen-bond donors (Lipinski definition) is 0. The fourth-order valence-electron chi connectivity index (χ4n) is 1.89. The lowest BCUT2D eigenvalue weighted by Gasteiger charge is -1.99. The molecule has 22 heavy (non-hydrogen) atoms. The van der Waals surface area contributed by atoms with Crippen LogP contribution in [0, 0.1) is 13.8 Å². The lowest BCUT2D eigenvalue weighted by Crippen LogP contribution is -2.35. The molecule has 1 aromatic carbocycles. The number of aryl methyl sites for hydroxylation is 2. The summed E-state index contributed by atoms with van der Waals surface area (Å²) in [5.74, 6) is 0. The molecule has 0 bridgehead atoms. The Kier molecular flexibility index (Phi) is 4.44. The number of benzene rings is 1. The van der Waals surface area contributed by atoms with Gasteiger partial charge in [0.15, 0.2) is 5.21 Å². The number of aromatic nitrogens is 4. The Hall–Kier alpha value is -2.45. The SMILES string of the molecule is Cc1ccc(-n2nnc3cccc(C)[n+]32)cc1.F[B-](F)(F)F. The van der Waals surface area contributed by atoms with E-state index < -0.39 is 7.25 Å². The molecular formula is C13H13BF4N4. The van der Waals surface area contributed by atoms with Crippen molar-refractivity contribution in [2.45, 2.75) is 13.8 Å². The number of halogens is 4. The predicted molar refractivity (Wildman–Crippen MR) is 74.2 cm³/mol. The highest BCUT2D eigenvalue weighted by Crippen LogP contribution is 2.07. The van der Waals surface area contributed by atoms with Crippen LogP contribution in [0.5, 0.6) is 0 Å². The maximum atomic E-state index is 9.75. The largest absolute Gasteiger partial charge is 0.673 e. The Bertz CT molecular complexity index is 762. The number of pyridine rings is 1. The summed E-state index contributed by atoms with van der Waals surface area (Å²) >= 11 is 0.